The zero-order valence-corrected chi connectivity index (χ0v) is 13.8. The highest BCUT2D eigenvalue weighted by Crippen LogP contribution is 2.34. The fourth-order valence-corrected chi connectivity index (χ4v) is 3.46. The Bertz CT molecular complexity index is 538. The molecule has 1 saturated heterocycles. The smallest absolute Gasteiger partial charge is 0.303 e. The molecular weight excluding hydrogens is 326 g/mol. The molecule has 1 aromatic carbocycles. The summed E-state index contributed by atoms with van der Waals surface area (Å²) in [5, 5.41) is 9.22. The van der Waals surface area contributed by atoms with E-state index in [0.717, 1.165) is 37.0 Å². The fourth-order valence-electron chi connectivity index (χ4n) is 2.01. The van der Waals surface area contributed by atoms with Crippen LogP contribution in [0.15, 0.2) is 30.1 Å². The highest BCUT2D eigenvalue weighted by Gasteiger charge is 2.17. The van der Waals surface area contributed by atoms with E-state index in [1.54, 1.807) is 0 Å². The maximum Gasteiger partial charge on any atom is 0.303 e. The number of hydrogen-bond donors (Lipinski definition) is 3. The van der Waals surface area contributed by atoms with Crippen LogP contribution in [0.25, 0.3) is 6.08 Å². The Balaban J connectivity index is 1.68. The zero-order valence-electron chi connectivity index (χ0n) is 12.1. The summed E-state index contributed by atoms with van der Waals surface area (Å²) in [7, 11) is 0. The molecule has 0 amide bonds. The largest absolute Gasteiger partial charge is 0.481 e. The molecule has 0 saturated carbocycles. The quantitative estimate of drug-likeness (QED) is 0.376. The van der Waals surface area contributed by atoms with Crippen LogP contribution in [0.1, 0.15) is 37.7 Å². The first-order valence-electron chi connectivity index (χ1n) is 7.22. The lowest BCUT2D eigenvalue weighted by molar-refractivity contribution is -0.137. The highest BCUT2D eigenvalue weighted by molar-refractivity contribution is 8.11. The number of benzene rings is 1. The first-order valence-corrected chi connectivity index (χ1v) is 9.04. The molecule has 1 aliphatic heterocycles. The number of unbranched alkanes of at least 4 members (excludes halogenated alkanes) is 3. The Morgan fingerprint density at radius 1 is 1.27 bits per heavy atom. The second-order valence-electron chi connectivity index (χ2n) is 4.96. The second kappa shape index (κ2) is 8.92. The SMILES string of the molecule is O=C(O)CCCCCC[SH]1N/C(=C/c2ccccc2Cl)OO1. The molecule has 0 bridgehead atoms. The maximum absolute atomic E-state index is 10.4. The summed E-state index contributed by atoms with van der Waals surface area (Å²) < 4.78 is 8.48. The summed E-state index contributed by atoms with van der Waals surface area (Å²) in [5.74, 6) is 0.723. The molecule has 1 aliphatic rings. The minimum atomic E-state index is -0.823. The van der Waals surface area contributed by atoms with Gasteiger partial charge in [0.1, 0.15) is 0 Å². The van der Waals surface area contributed by atoms with Crippen molar-refractivity contribution >= 4 is 35.0 Å². The second-order valence-corrected chi connectivity index (χ2v) is 6.94. The average Bonchev–Trinajstić information content (AvgIpc) is 2.92. The summed E-state index contributed by atoms with van der Waals surface area (Å²) in [6.07, 6.45) is 5.71. The molecule has 0 spiro atoms. The van der Waals surface area contributed by atoms with Crippen molar-refractivity contribution in [1.29, 1.82) is 0 Å². The normalized spacial score (nSPS) is 20.6. The summed E-state index contributed by atoms with van der Waals surface area (Å²) in [6.45, 7) is 0. The summed E-state index contributed by atoms with van der Waals surface area (Å²) in [4.78, 5) is 15.6. The molecule has 0 radical (unpaired) electrons. The van der Waals surface area contributed by atoms with Crippen molar-refractivity contribution in [2.45, 2.75) is 32.1 Å². The van der Waals surface area contributed by atoms with Crippen LogP contribution < -0.4 is 4.72 Å². The van der Waals surface area contributed by atoms with Crippen molar-refractivity contribution < 1.29 is 19.1 Å². The van der Waals surface area contributed by atoms with E-state index in [1.165, 1.54) is 0 Å². The van der Waals surface area contributed by atoms with Gasteiger partial charge in [-0.3, -0.25) is 9.52 Å². The van der Waals surface area contributed by atoms with Crippen LogP contribution in [0.2, 0.25) is 5.02 Å². The third-order valence-corrected chi connectivity index (χ3v) is 4.94. The third kappa shape index (κ3) is 5.79. The van der Waals surface area contributed by atoms with E-state index < -0.39 is 17.3 Å². The van der Waals surface area contributed by atoms with Gasteiger partial charge in [-0.05, 0) is 35.8 Å². The number of aliphatic carboxylic acids is 1. The number of carbonyl (C=O) groups is 1. The van der Waals surface area contributed by atoms with Gasteiger partial charge < -0.3 is 9.99 Å². The monoisotopic (exact) mass is 345 g/mol. The first kappa shape index (κ1) is 17.0. The molecule has 22 heavy (non-hydrogen) atoms. The zero-order chi connectivity index (χ0) is 15.8. The molecule has 1 unspecified atom stereocenters. The van der Waals surface area contributed by atoms with Gasteiger partial charge in [0.25, 0.3) is 0 Å². The molecule has 5 nitrogen and oxygen atoms in total. The molecule has 1 atom stereocenters. The number of carboxylic acids is 1. The van der Waals surface area contributed by atoms with Gasteiger partial charge in [-0.1, -0.05) is 42.6 Å². The van der Waals surface area contributed by atoms with Gasteiger partial charge in [0, 0.05) is 23.3 Å². The van der Waals surface area contributed by atoms with Gasteiger partial charge in [0.2, 0.25) is 5.88 Å². The minimum Gasteiger partial charge on any atom is -0.481 e. The minimum absolute atomic E-state index is 0.247. The van der Waals surface area contributed by atoms with E-state index in [2.05, 4.69) is 4.72 Å². The van der Waals surface area contributed by atoms with Crippen LogP contribution in [0.5, 0.6) is 0 Å². The number of nitrogens with one attached hydrogen (secondary N) is 1. The molecule has 2 rings (SSSR count). The fraction of sp³-hybridized carbons (Fsp3) is 0.400. The van der Waals surface area contributed by atoms with E-state index in [-0.39, 0.29) is 6.42 Å². The number of carboxylic acid groups (broad SMARTS) is 1. The number of rotatable bonds is 8. The lowest BCUT2D eigenvalue weighted by atomic mass is 10.2. The molecule has 1 fully saturated rings. The van der Waals surface area contributed by atoms with Crippen LogP contribution >= 0.6 is 23.0 Å². The van der Waals surface area contributed by atoms with Gasteiger partial charge in [-0.25, -0.2) is 0 Å². The highest BCUT2D eigenvalue weighted by atomic mass is 35.5. The number of hydrogen-bond acceptors (Lipinski definition) is 4. The van der Waals surface area contributed by atoms with Crippen LogP contribution in [-0.4, -0.2) is 16.8 Å². The van der Waals surface area contributed by atoms with Crippen LogP contribution in [0.3, 0.4) is 0 Å². The summed E-state index contributed by atoms with van der Waals surface area (Å²) >= 11 is 5.26. The van der Waals surface area contributed by atoms with E-state index in [0.29, 0.717) is 10.9 Å². The van der Waals surface area contributed by atoms with Crippen molar-refractivity contribution in [3.05, 3.63) is 40.7 Å². The Hall–Kier alpha value is -1.37. The van der Waals surface area contributed by atoms with Crippen LogP contribution in [0, 0.1) is 0 Å². The molecule has 1 heterocycles. The predicted octanol–water partition coefficient (Wildman–Crippen LogP) is 4.06. The topological polar surface area (TPSA) is 67.8 Å². The van der Waals surface area contributed by atoms with E-state index in [4.69, 9.17) is 25.9 Å². The Morgan fingerprint density at radius 3 is 2.82 bits per heavy atom. The molecule has 1 aromatic rings. The maximum atomic E-state index is 10.4. The standard InChI is InChI=1S/C15H20ClNO4S/c16-13-8-5-4-7-12(13)11-14-17-22(21-20-14)10-6-2-1-3-9-15(18)19/h4-5,7-8,11,17,22H,1-3,6,9-10H2,(H,18,19)/b14-11-. The molecule has 7 heteroatoms. The Kier molecular flexibility index (Phi) is 6.89. The summed E-state index contributed by atoms with van der Waals surface area (Å²) in [6, 6.07) is 7.52. The number of halogens is 1. The van der Waals surface area contributed by atoms with Crippen molar-refractivity contribution in [2.24, 2.45) is 0 Å². The van der Waals surface area contributed by atoms with Crippen molar-refractivity contribution in [2.75, 3.05) is 5.75 Å². The van der Waals surface area contributed by atoms with Gasteiger partial charge in [-0.2, -0.15) is 0 Å². The first-order chi connectivity index (χ1) is 10.6. The van der Waals surface area contributed by atoms with Gasteiger partial charge >= 0.3 is 5.97 Å². The van der Waals surface area contributed by atoms with Crippen molar-refractivity contribution in [3.63, 3.8) is 0 Å². The van der Waals surface area contributed by atoms with Gasteiger partial charge in [0.05, 0.1) is 0 Å². The van der Waals surface area contributed by atoms with Crippen molar-refractivity contribution in [3.8, 4) is 0 Å². The predicted molar refractivity (Wildman–Crippen MR) is 89.3 cm³/mol. The number of thiol groups is 1. The Labute approximate surface area is 137 Å². The lowest BCUT2D eigenvalue weighted by Gasteiger charge is -2.09. The van der Waals surface area contributed by atoms with Crippen LogP contribution in [0.4, 0.5) is 0 Å². The third-order valence-electron chi connectivity index (χ3n) is 3.15. The molecule has 122 valence electrons. The average molecular weight is 346 g/mol. The molecule has 2 N–H and O–H groups in total. The van der Waals surface area contributed by atoms with E-state index in [9.17, 15) is 4.79 Å². The summed E-state index contributed by atoms with van der Waals surface area (Å²) in [5.41, 5.74) is 0.876. The van der Waals surface area contributed by atoms with E-state index >= 15 is 0 Å². The molecule has 0 aromatic heterocycles. The Morgan fingerprint density at radius 2 is 2.05 bits per heavy atom. The van der Waals surface area contributed by atoms with Gasteiger partial charge in [-0.15, -0.1) is 4.33 Å². The molecular formula is C15H20ClNO4S. The molecule has 0 aliphatic carbocycles. The van der Waals surface area contributed by atoms with E-state index in [1.807, 2.05) is 30.3 Å². The van der Waals surface area contributed by atoms with Crippen LogP contribution in [-0.2, 0) is 14.0 Å². The van der Waals surface area contributed by atoms with Gasteiger partial charge in [0.15, 0.2) is 0 Å². The lowest BCUT2D eigenvalue weighted by Crippen LogP contribution is -2.03. The van der Waals surface area contributed by atoms with Crippen molar-refractivity contribution in [1.82, 2.24) is 4.72 Å².